The maximum absolute atomic E-state index is 14.1. The Morgan fingerprint density at radius 3 is 2.53 bits per heavy atom. The number of benzene rings is 2. The first-order valence-electron chi connectivity index (χ1n) is 9.23. The van der Waals surface area contributed by atoms with Crippen LogP contribution in [0.1, 0.15) is 33.7 Å². The smallest absolute Gasteiger partial charge is 0.286 e. The molecule has 32 heavy (non-hydrogen) atoms. The van der Waals surface area contributed by atoms with Gasteiger partial charge in [0.2, 0.25) is 15.0 Å². The van der Waals surface area contributed by atoms with Crippen molar-refractivity contribution in [3.05, 3.63) is 69.7 Å². The first-order valence-corrected chi connectivity index (χ1v) is 11.5. The highest BCUT2D eigenvalue weighted by Gasteiger charge is 2.39. The summed E-state index contributed by atoms with van der Waals surface area (Å²) in [6.45, 7) is 0.0831. The standard InChI is InChI=1S/C19H14F4N4O3S2/c20-10-3-6-16(14(23)8-10)32(29,30)27-7-1-2-15(27)18-25-26-19(31-18)17(28)24-11-4-5-12(21)13(22)9-11/h3-6,8-9,15H,1-2,7H2,(H,24,28)/t15-/m0/s1. The van der Waals surface area contributed by atoms with Crippen molar-refractivity contribution >= 4 is 33.0 Å². The third kappa shape index (κ3) is 4.23. The van der Waals surface area contributed by atoms with Gasteiger partial charge in [-0.05, 0) is 37.1 Å². The number of amides is 1. The van der Waals surface area contributed by atoms with Crippen LogP contribution in [0, 0.1) is 23.3 Å². The molecule has 1 aromatic heterocycles. The molecule has 1 atom stereocenters. The fraction of sp³-hybridized carbons (Fsp3) is 0.211. The van der Waals surface area contributed by atoms with Crippen LogP contribution in [0.25, 0.3) is 0 Å². The van der Waals surface area contributed by atoms with Crippen molar-refractivity contribution in [2.24, 2.45) is 0 Å². The summed E-state index contributed by atoms with van der Waals surface area (Å²) in [6.07, 6.45) is 0.824. The van der Waals surface area contributed by atoms with Gasteiger partial charge in [-0.2, -0.15) is 4.31 Å². The van der Waals surface area contributed by atoms with Gasteiger partial charge in [0.25, 0.3) is 5.91 Å². The quantitative estimate of drug-likeness (QED) is 0.553. The summed E-state index contributed by atoms with van der Waals surface area (Å²) < 4.78 is 80.6. The average Bonchev–Trinajstić information content (AvgIpc) is 3.40. The van der Waals surface area contributed by atoms with E-state index in [0.29, 0.717) is 18.9 Å². The number of hydrogen-bond acceptors (Lipinski definition) is 6. The van der Waals surface area contributed by atoms with Crippen molar-refractivity contribution in [1.82, 2.24) is 14.5 Å². The molecule has 13 heteroatoms. The second-order valence-electron chi connectivity index (χ2n) is 6.88. The molecule has 2 aromatic carbocycles. The van der Waals surface area contributed by atoms with Crippen LogP contribution in [-0.2, 0) is 10.0 Å². The number of halogens is 4. The van der Waals surface area contributed by atoms with Crippen molar-refractivity contribution in [2.75, 3.05) is 11.9 Å². The van der Waals surface area contributed by atoms with Gasteiger partial charge in [0.05, 0.1) is 6.04 Å². The Morgan fingerprint density at radius 2 is 1.81 bits per heavy atom. The Morgan fingerprint density at radius 1 is 1.03 bits per heavy atom. The SMILES string of the molecule is O=C(Nc1ccc(F)c(F)c1)c1nnc([C@@H]2CCCN2S(=O)(=O)c2ccc(F)cc2F)s1. The van der Waals surface area contributed by atoms with Gasteiger partial charge < -0.3 is 5.32 Å². The fourth-order valence-electron chi connectivity index (χ4n) is 3.30. The molecule has 0 spiro atoms. The van der Waals surface area contributed by atoms with Gasteiger partial charge in [0, 0.05) is 24.4 Å². The molecule has 1 aliphatic heterocycles. The molecular formula is C19H14F4N4O3S2. The lowest BCUT2D eigenvalue weighted by Gasteiger charge is -2.22. The number of anilines is 1. The Hall–Kier alpha value is -2.90. The zero-order valence-electron chi connectivity index (χ0n) is 16.1. The number of carbonyl (C=O) groups excluding carboxylic acids is 1. The highest BCUT2D eigenvalue weighted by molar-refractivity contribution is 7.89. The van der Waals surface area contributed by atoms with Crippen LogP contribution in [0.15, 0.2) is 41.3 Å². The third-order valence-corrected chi connectivity index (χ3v) is 7.75. The Balaban J connectivity index is 1.56. The van der Waals surface area contributed by atoms with E-state index in [2.05, 4.69) is 15.5 Å². The zero-order valence-corrected chi connectivity index (χ0v) is 17.7. The van der Waals surface area contributed by atoms with Crippen LogP contribution in [0.4, 0.5) is 23.2 Å². The van der Waals surface area contributed by atoms with Crippen LogP contribution < -0.4 is 5.32 Å². The summed E-state index contributed by atoms with van der Waals surface area (Å²) >= 11 is 0.825. The van der Waals surface area contributed by atoms with E-state index in [9.17, 15) is 30.8 Å². The van der Waals surface area contributed by atoms with Crippen LogP contribution in [0.2, 0.25) is 0 Å². The van der Waals surface area contributed by atoms with E-state index in [1.165, 1.54) is 6.07 Å². The van der Waals surface area contributed by atoms with Crippen molar-refractivity contribution in [3.8, 4) is 0 Å². The maximum Gasteiger partial charge on any atom is 0.286 e. The predicted octanol–water partition coefficient (Wildman–Crippen LogP) is 3.87. The molecule has 0 unspecified atom stereocenters. The highest BCUT2D eigenvalue weighted by Crippen LogP contribution is 2.38. The molecule has 4 rings (SSSR count). The first-order chi connectivity index (χ1) is 15.2. The van der Waals surface area contributed by atoms with Crippen molar-refractivity contribution in [1.29, 1.82) is 0 Å². The van der Waals surface area contributed by atoms with Crippen molar-refractivity contribution in [2.45, 2.75) is 23.8 Å². The topological polar surface area (TPSA) is 92.3 Å². The normalized spacial score (nSPS) is 16.9. The van der Waals surface area contributed by atoms with Crippen molar-refractivity contribution in [3.63, 3.8) is 0 Å². The Kier molecular flexibility index (Phi) is 5.97. The van der Waals surface area contributed by atoms with Gasteiger partial charge in [0.15, 0.2) is 11.6 Å². The molecule has 0 radical (unpaired) electrons. The van der Waals surface area contributed by atoms with Crippen LogP contribution in [0.3, 0.4) is 0 Å². The molecule has 1 amide bonds. The van der Waals surface area contributed by atoms with Crippen molar-refractivity contribution < 1.29 is 30.8 Å². The second kappa shape index (κ2) is 8.56. The minimum Gasteiger partial charge on any atom is -0.320 e. The van der Waals surface area contributed by atoms with E-state index in [-0.39, 0.29) is 22.2 Å². The lowest BCUT2D eigenvalue weighted by Crippen LogP contribution is -2.31. The number of nitrogens with zero attached hydrogens (tertiary/aromatic N) is 3. The Bertz CT molecular complexity index is 1300. The molecule has 1 fully saturated rings. The number of carbonyl (C=O) groups is 1. The number of hydrogen-bond donors (Lipinski definition) is 1. The molecule has 7 nitrogen and oxygen atoms in total. The lowest BCUT2D eigenvalue weighted by molar-refractivity contribution is 0.102. The molecule has 1 aliphatic rings. The van der Waals surface area contributed by atoms with E-state index in [1.54, 1.807) is 0 Å². The third-order valence-electron chi connectivity index (χ3n) is 4.78. The summed E-state index contributed by atoms with van der Waals surface area (Å²) in [5.74, 6) is -5.06. The van der Waals surface area contributed by atoms with E-state index >= 15 is 0 Å². The Labute approximate surface area is 183 Å². The minimum absolute atomic E-state index is 0.00232. The second-order valence-corrected chi connectivity index (χ2v) is 9.75. The molecule has 2 heterocycles. The molecule has 0 bridgehead atoms. The van der Waals surface area contributed by atoms with Crippen LogP contribution in [0.5, 0.6) is 0 Å². The number of rotatable bonds is 5. The fourth-order valence-corrected chi connectivity index (χ4v) is 5.97. The molecule has 168 valence electrons. The highest BCUT2D eigenvalue weighted by atomic mass is 32.2. The van der Waals surface area contributed by atoms with Gasteiger partial charge in [0.1, 0.15) is 21.5 Å². The van der Waals surface area contributed by atoms with E-state index < -0.39 is 50.1 Å². The first kappa shape index (κ1) is 22.3. The average molecular weight is 486 g/mol. The van der Waals surface area contributed by atoms with E-state index in [4.69, 9.17) is 0 Å². The number of sulfonamides is 1. The lowest BCUT2D eigenvalue weighted by atomic mass is 10.2. The van der Waals surface area contributed by atoms with Gasteiger partial charge in [-0.15, -0.1) is 10.2 Å². The number of aromatic nitrogens is 2. The van der Waals surface area contributed by atoms with E-state index in [1.807, 2.05) is 0 Å². The molecule has 1 N–H and O–H groups in total. The summed E-state index contributed by atoms with van der Waals surface area (Å²) in [5, 5.41) is 10.1. The largest absolute Gasteiger partial charge is 0.320 e. The molecule has 0 aliphatic carbocycles. The summed E-state index contributed by atoms with van der Waals surface area (Å²) in [6, 6.07) is 4.24. The summed E-state index contributed by atoms with van der Waals surface area (Å²) in [5.41, 5.74) is 0.00232. The zero-order chi connectivity index (χ0) is 23.0. The predicted molar refractivity (Wildman–Crippen MR) is 106 cm³/mol. The van der Waals surface area contributed by atoms with Crippen LogP contribution in [-0.4, -0.2) is 35.4 Å². The van der Waals surface area contributed by atoms with E-state index in [0.717, 1.165) is 39.9 Å². The molecule has 0 saturated carbocycles. The van der Waals surface area contributed by atoms with Gasteiger partial charge in [-0.3, -0.25) is 4.79 Å². The summed E-state index contributed by atoms with van der Waals surface area (Å²) in [4.78, 5) is 11.7. The van der Waals surface area contributed by atoms with Gasteiger partial charge in [-0.25, -0.2) is 26.0 Å². The summed E-state index contributed by atoms with van der Waals surface area (Å²) in [7, 11) is -4.30. The molecule has 3 aromatic rings. The molecule has 1 saturated heterocycles. The monoisotopic (exact) mass is 486 g/mol. The molecular weight excluding hydrogens is 472 g/mol. The minimum atomic E-state index is -4.30. The van der Waals surface area contributed by atoms with Crippen LogP contribution >= 0.6 is 11.3 Å². The van der Waals surface area contributed by atoms with Gasteiger partial charge >= 0.3 is 0 Å². The van der Waals surface area contributed by atoms with Gasteiger partial charge in [-0.1, -0.05) is 11.3 Å². The maximum atomic E-state index is 14.1. The number of nitrogens with one attached hydrogen (secondary N) is 1.